The lowest BCUT2D eigenvalue weighted by Gasteiger charge is -2.23. The van der Waals surface area contributed by atoms with Crippen molar-refractivity contribution in [3.8, 4) is 0 Å². The molecule has 1 atom stereocenters. The summed E-state index contributed by atoms with van der Waals surface area (Å²) in [5.41, 5.74) is 0.799. The van der Waals surface area contributed by atoms with E-state index < -0.39 is 16.1 Å². The van der Waals surface area contributed by atoms with E-state index in [1.807, 2.05) is 0 Å². The molecular formula is C14H14ClNO4S. The van der Waals surface area contributed by atoms with E-state index in [4.69, 9.17) is 16.0 Å². The molecule has 0 bridgehead atoms. The maximum atomic E-state index is 12.4. The molecule has 1 aromatic carbocycles. The molecule has 1 unspecified atom stereocenters. The van der Waals surface area contributed by atoms with Gasteiger partial charge in [0, 0.05) is 18.1 Å². The summed E-state index contributed by atoms with van der Waals surface area (Å²) in [7, 11) is -2.35. The lowest BCUT2D eigenvalue weighted by molar-refractivity contribution is 0.109. The van der Waals surface area contributed by atoms with Crippen LogP contribution >= 0.6 is 11.6 Å². The lowest BCUT2D eigenvalue weighted by Crippen LogP contribution is -2.29. The third-order valence-electron chi connectivity index (χ3n) is 3.25. The Bertz CT molecular complexity index is 737. The molecule has 21 heavy (non-hydrogen) atoms. The standard InChI is InChI=1S/C14H14ClNO4S/c1-10(11-3-5-12(15)6-4-11)16(2)21(18,19)14-8-7-13(9-17)20-14/h3-10H,1-2H3. The Labute approximate surface area is 128 Å². The molecule has 0 fully saturated rings. The number of carbonyl (C=O) groups is 1. The summed E-state index contributed by atoms with van der Waals surface area (Å²) < 4.78 is 31.1. The highest BCUT2D eigenvalue weighted by atomic mass is 35.5. The van der Waals surface area contributed by atoms with Crippen LogP contribution in [0.15, 0.2) is 45.9 Å². The minimum absolute atomic E-state index is 0.0267. The zero-order valence-corrected chi connectivity index (χ0v) is 13.1. The number of aldehydes is 1. The van der Waals surface area contributed by atoms with Gasteiger partial charge < -0.3 is 4.42 Å². The number of sulfonamides is 1. The monoisotopic (exact) mass is 327 g/mol. The fourth-order valence-electron chi connectivity index (χ4n) is 1.84. The third-order valence-corrected chi connectivity index (χ3v) is 5.30. The number of furan rings is 1. The highest BCUT2D eigenvalue weighted by Crippen LogP contribution is 2.27. The molecule has 112 valence electrons. The summed E-state index contributed by atoms with van der Waals surface area (Å²) in [6, 6.07) is 9.11. The molecule has 1 heterocycles. The van der Waals surface area contributed by atoms with Crippen LogP contribution < -0.4 is 0 Å². The zero-order valence-electron chi connectivity index (χ0n) is 11.5. The Hall–Kier alpha value is -1.63. The van der Waals surface area contributed by atoms with Gasteiger partial charge in [-0.15, -0.1) is 0 Å². The van der Waals surface area contributed by atoms with Crippen LogP contribution in [0.4, 0.5) is 0 Å². The van der Waals surface area contributed by atoms with Crippen molar-refractivity contribution in [3.05, 3.63) is 52.7 Å². The van der Waals surface area contributed by atoms with Crippen molar-refractivity contribution in [3.63, 3.8) is 0 Å². The average molecular weight is 328 g/mol. The lowest BCUT2D eigenvalue weighted by atomic mass is 10.1. The van der Waals surface area contributed by atoms with Gasteiger partial charge in [-0.1, -0.05) is 23.7 Å². The van der Waals surface area contributed by atoms with Crippen molar-refractivity contribution in [2.45, 2.75) is 18.1 Å². The van der Waals surface area contributed by atoms with Crippen molar-refractivity contribution >= 4 is 27.9 Å². The second-order valence-corrected chi connectivity index (χ2v) is 6.89. The number of benzene rings is 1. The molecule has 0 aliphatic rings. The quantitative estimate of drug-likeness (QED) is 0.791. The molecule has 0 saturated heterocycles. The molecule has 0 spiro atoms. The number of nitrogens with zero attached hydrogens (tertiary/aromatic N) is 1. The Balaban J connectivity index is 2.30. The Kier molecular flexibility index (Phi) is 4.51. The summed E-state index contributed by atoms with van der Waals surface area (Å²) in [4.78, 5) is 10.6. The van der Waals surface area contributed by atoms with Gasteiger partial charge >= 0.3 is 0 Å². The van der Waals surface area contributed by atoms with Crippen molar-refractivity contribution in [1.29, 1.82) is 0 Å². The predicted octanol–water partition coefficient (Wildman–Crippen LogP) is 3.13. The van der Waals surface area contributed by atoms with Crippen LogP contribution in [-0.2, 0) is 10.0 Å². The average Bonchev–Trinajstić information content (AvgIpc) is 2.96. The van der Waals surface area contributed by atoms with Crippen LogP contribution in [-0.4, -0.2) is 26.1 Å². The van der Waals surface area contributed by atoms with E-state index in [1.54, 1.807) is 31.2 Å². The van der Waals surface area contributed by atoms with E-state index in [2.05, 4.69) is 0 Å². The van der Waals surface area contributed by atoms with E-state index in [1.165, 1.54) is 23.5 Å². The van der Waals surface area contributed by atoms with E-state index >= 15 is 0 Å². The van der Waals surface area contributed by atoms with Crippen molar-refractivity contribution in [2.24, 2.45) is 0 Å². The highest BCUT2D eigenvalue weighted by Gasteiger charge is 2.29. The molecular weight excluding hydrogens is 314 g/mol. The molecule has 2 rings (SSSR count). The minimum atomic E-state index is -3.81. The van der Waals surface area contributed by atoms with Crippen LogP contribution in [0.5, 0.6) is 0 Å². The van der Waals surface area contributed by atoms with Crippen LogP contribution in [0.2, 0.25) is 5.02 Å². The van der Waals surface area contributed by atoms with Crippen molar-refractivity contribution in [2.75, 3.05) is 7.05 Å². The third kappa shape index (κ3) is 3.18. The largest absolute Gasteiger partial charge is 0.440 e. The molecule has 5 nitrogen and oxygen atoms in total. The van der Waals surface area contributed by atoms with Gasteiger partial charge in [-0.05, 0) is 36.8 Å². The topological polar surface area (TPSA) is 67.6 Å². The van der Waals surface area contributed by atoms with Gasteiger partial charge in [0.1, 0.15) is 0 Å². The molecule has 0 N–H and O–H groups in total. The van der Waals surface area contributed by atoms with Crippen molar-refractivity contribution in [1.82, 2.24) is 4.31 Å². The molecule has 0 aliphatic carbocycles. The van der Waals surface area contributed by atoms with Crippen LogP contribution in [0, 0.1) is 0 Å². The van der Waals surface area contributed by atoms with Crippen molar-refractivity contribution < 1.29 is 17.6 Å². The molecule has 0 aliphatic heterocycles. The van der Waals surface area contributed by atoms with Gasteiger partial charge in [0.25, 0.3) is 10.0 Å². The summed E-state index contributed by atoms with van der Waals surface area (Å²) in [6.07, 6.45) is 0.460. The first kappa shape index (κ1) is 15.8. The van der Waals surface area contributed by atoms with Crippen LogP contribution in [0.25, 0.3) is 0 Å². The maximum absolute atomic E-state index is 12.4. The Morgan fingerprint density at radius 2 is 1.81 bits per heavy atom. The predicted molar refractivity (Wildman–Crippen MR) is 78.9 cm³/mol. The first-order chi connectivity index (χ1) is 9.86. The fraction of sp³-hybridized carbons (Fsp3) is 0.214. The second kappa shape index (κ2) is 6.01. The summed E-state index contributed by atoms with van der Waals surface area (Å²) >= 11 is 5.82. The minimum Gasteiger partial charge on any atom is -0.440 e. The summed E-state index contributed by atoms with van der Waals surface area (Å²) in [5, 5.41) is 0.325. The van der Waals surface area contributed by atoms with Crippen LogP contribution in [0.3, 0.4) is 0 Å². The fourth-order valence-corrected chi connectivity index (χ4v) is 3.23. The number of hydrogen-bond acceptors (Lipinski definition) is 4. The Morgan fingerprint density at radius 1 is 1.19 bits per heavy atom. The van der Waals surface area contributed by atoms with E-state index in [9.17, 15) is 13.2 Å². The number of rotatable bonds is 5. The smallest absolute Gasteiger partial charge is 0.276 e. The van der Waals surface area contributed by atoms with Gasteiger partial charge in [0.05, 0.1) is 0 Å². The van der Waals surface area contributed by atoms with Gasteiger partial charge in [-0.25, -0.2) is 8.42 Å². The normalized spacial score (nSPS) is 13.3. The van der Waals surface area contributed by atoms with E-state index in [-0.39, 0.29) is 10.9 Å². The molecule has 0 saturated carbocycles. The Morgan fingerprint density at radius 3 is 2.33 bits per heavy atom. The SMILES string of the molecule is CC(c1ccc(Cl)cc1)N(C)S(=O)(=O)c1ccc(C=O)o1. The van der Waals surface area contributed by atoms with Crippen LogP contribution in [0.1, 0.15) is 29.1 Å². The molecule has 0 radical (unpaired) electrons. The highest BCUT2D eigenvalue weighted by molar-refractivity contribution is 7.89. The summed E-state index contributed by atoms with van der Waals surface area (Å²) in [6.45, 7) is 1.75. The zero-order chi connectivity index (χ0) is 15.6. The van der Waals surface area contributed by atoms with Gasteiger partial charge in [-0.2, -0.15) is 4.31 Å². The number of carbonyl (C=O) groups excluding carboxylic acids is 1. The molecule has 2 aromatic rings. The van der Waals surface area contributed by atoms with Gasteiger partial charge in [-0.3, -0.25) is 4.79 Å². The molecule has 1 aromatic heterocycles. The number of hydrogen-bond donors (Lipinski definition) is 0. The van der Waals surface area contributed by atoms with Gasteiger partial charge in [0.2, 0.25) is 5.09 Å². The van der Waals surface area contributed by atoms with Gasteiger partial charge in [0.15, 0.2) is 12.0 Å². The first-order valence-electron chi connectivity index (χ1n) is 6.15. The molecule has 7 heteroatoms. The second-order valence-electron chi connectivity index (χ2n) is 4.52. The van der Waals surface area contributed by atoms with E-state index in [0.717, 1.165) is 5.56 Å². The summed E-state index contributed by atoms with van der Waals surface area (Å²) in [5.74, 6) is -0.0267. The number of halogens is 1. The van der Waals surface area contributed by atoms with E-state index in [0.29, 0.717) is 11.3 Å². The first-order valence-corrected chi connectivity index (χ1v) is 7.96. The maximum Gasteiger partial charge on any atom is 0.276 e. The molecule has 0 amide bonds.